The van der Waals surface area contributed by atoms with Crippen LogP contribution in [0.15, 0.2) is 18.3 Å². The second-order valence-electron chi connectivity index (χ2n) is 5.74. The molecule has 2 heterocycles. The Labute approximate surface area is 104 Å². The predicted octanol–water partition coefficient (Wildman–Crippen LogP) is 2.72. The molecule has 1 atom stereocenters. The van der Waals surface area contributed by atoms with Crippen LogP contribution in [0.1, 0.15) is 39.3 Å². The molecular weight excluding hydrogens is 212 g/mol. The van der Waals surface area contributed by atoms with E-state index in [0.717, 1.165) is 24.4 Å². The third kappa shape index (κ3) is 1.93. The van der Waals surface area contributed by atoms with Gasteiger partial charge < -0.3 is 10.1 Å². The van der Waals surface area contributed by atoms with Crippen LogP contribution in [0.2, 0.25) is 0 Å². The van der Waals surface area contributed by atoms with E-state index in [9.17, 15) is 0 Å². The number of rotatable bonds is 2. The average Bonchev–Trinajstić information content (AvgIpc) is 2.78. The number of nitrogens with one attached hydrogen (secondary N) is 1. The van der Waals surface area contributed by atoms with Crippen LogP contribution >= 0.6 is 0 Å². The molecule has 2 rings (SSSR count). The number of ether oxygens (including phenoxy) is 1. The molecule has 0 amide bonds. The minimum absolute atomic E-state index is 0.0698. The van der Waals surface area contributed by atoms with Gasteiger partial charge in [-0.05, 0) is 36.9 Å². The molecule has 17 heavy (non-hydrogen) atoms. The van der Waals surface area contributed by atoms with Crippen LogP contribution in [0.5, 0.6) is 5.75 Å². The zero-order chi connectivity index (χ0) is 12.5. The fourth-order valence-electron chi connectivity index (χ4n) is 2.82. The first kappa shape index (κ1) is 12.4. The number of nitrogens with zero attached hydrogens (tertiary/aromatic N) is 1. The van der Waals surface area contributed by atoms with Gasteiger partial charge in [-0.3, -0.25) is 4.98 Å². The van der Waals surface area contributed by atoms with Crippen molar-refractivity contribution >= 4 is 0 Å². The van der Waals surface area contributed by atoms with E-state index in [-0.39, 0.29) is 11.0 Å². The zero-order valence-electron chi connectivity index (χ0n) is 11.2. The lowest BCUT2D eigenvalue weighted by Gasteiger charge is -2.42. The maximum atomic E-state index is 5.48. The molecule has 0 aromatic carbocycles. The smallest absolute Gasteiger partial charge is 0.142 e. The normalized spacial score (nSPS) is 24.9. The van der Waals surface area contributed by atoms with Gasteiger partial charge in [-0.25, -0.2) is 0 Å². The van der Waals surface area contributed by atoms with E-state index in [2.05, 4.69) is 31.1 Å². The molecule has 0 spiro atoms. The van der Waals surface area contributed by atoms with Crippen molar-refractivity contribution in [2.24, 2.45) is 5.41 Å². The van der Waals surface area contributed by atoms with Crippen molar-refractivity contribution in [1.29, 1.82) is 0 Å². The van der Waals surface area contributed by atoms with Gasteiger partial charge in [-0.2, -0.15) is 0 Å². The van der Waals surface area contributed by atoms with Gasteiger partial charge in [0.25, 0.3) is 0 Å². The molecule has 1 unspecified atom stereocenters. The molecule has 1 aliphatic heterocycles. The van der Waals surface area contributed by atoms with Gasteiger partial charge >= 0.3 is 0 Å². The van der Waals surface area contributed by atoms with E-state index in [1.165, 1.54) is 6.42 Å². The minimum Gasteiger partial charge on any atom is -0.495 e. The number of hydrogen-bond donors (Lipinski definition) is 1. The zero-order valence-corrected chi connectivity index (χ0v) is 11.2. The first-order valence-electron chi connectivity index (χ1n) is 6.26. The van der Waals surface area contributed by atoms with E-state index < -0.39 is 0 Å². The molecule has 1 fully saturated rings. The van der Waals surface area contributed by atoms with Crippen LogP contribution in [0.4, 0.5) is 0 Å². The Balaban J connectivity index is 2.54. The summed E-state index contributed by atoms with van der Waals surface area (Å²) in [6, 6.07) is 3.92. The largest absolute Gasteiger partial charge is 0.495 e. The van der Waals surface area contributed by atoms with Gasteiger partial charge in [0.1, 0.15) is 11.4 Å². The van der Waals surface area contributed by atoms with Crippen LogP contribution in [-0.2, 0) is 5.54 Å². The van der Waals surface area contributed by atoms with Crippen molar-refractivity contribution in [3.63, 3.8) is 0 Å². The monoisotopic (exact) mass is 234 g/mol. The van der Waals surface area contributed by atoms with Crippen LogP contribution in [-0.4, -0.2) is 18.6 Å². The molecule has 3 nitrogen and oxygen atoms in total. The Hall–Kier alpha value is -1.09. The number of methoxy groups -OCH3 is 1. The van der Waals surface area contributed by atoms with E-state index in [4.69, 9.17) is 4.74 Å². The first-order valence-corrected chi connectivity index (χ1v) is 6.26. The molecule has 1 N–H and O–H groups in total. The third-order valence-electron chi connectivity index (χ3n) is 3.83. The Morgan fingerprint density at radius 1 is 1.41 bits per heavy atom. The highest BCUT2D eigenvalue weighted by atomic mass is 16.5. The van der Waals surface area contributed by atoms with E-state index in [0.29, 0.717) is 0 Å². The summed E-state index contributed by atoms with van der Waals surface area (Å²) in [6.07, 6.45) is 4.16. The summed E-state index contributed by atoms with van der Waals surface area (Å²) in [4.78, 5) is 4.58. The van der Waals surface area contributed by atoms with E-state index in [1.807, 2.05) is 18.3 Å². The molecule has 0 aliphatic carbocycles. The van der Waals surface area contributed by atoms with Crippen LogP contribution < -0.4 is 10.1 Å². The predicted molar refractivity (Wildman–Crippen MR) is 69.2 cm³/mol. The molecule has 0 saturated carbocycles. The summed E-state index contributed by atoms with van der Waals surface area (Å²) in [5, 5.41) is 3.66. The Morgan fingerprint density at radius 3 is 2.71 bits per heavy atom. The summed E-state index contributed by atoms with van der Waals surface area (Å²) in [7, 11) is 1.71. The lowest BCUT2D eigenvalue weighted by molar-refractivity contribution is 0.150. The Bertz CT molecular complexity index is 389. The van der Waals surface area contributed by atoms with Gasteiger partial charge in [0.2, 0.25) is 0 Å². The highest BCUT2D eigenvalue weighted by Gasteiger charge is 2.47. The Morgan fingerprint density at radius 2 is 2.18 bits per heavy atom. The third-order valence-corrected chi connectivity index (χ3v) is 3.83. The van der Waals surface area contributed by atoms with Gasteiger partial charge in [-0.15, -0.1) is 0 Å². The SMILES string of the molecule is COc1cccnc1C1(C(C)(C)C)CCCN1. The minimum atomic E-state index is -0.0698. The van der Waals surface area contributed by atoms with Gasteiger partial charge in [0, 0.05) is 6.20 Å². The van der Waals surface area contributed by atoms with Crippen molar-refractivity contribution in [1.82, 2.24) is 10.3 Å². The van der Waals surface area contributed by atoms with E-state index in [1.54, 1.807) is 7.11 Å². The molecule has 1 saturated heterocycles. The van der Waals surface area contributed by atoms with Crippen molar-refractivity contribution in [2.75, 3.05) is 13.7 Å². The van der Waals surface area contributed by atoms with Crippen molar-refractivity contribution < 1.29 is 4.74 Å². The van der Waals surface area contributed by atoms with E-state index >= 15 is 0 Å². The molecule has 1 aromatic rings. The second-order valence-corrected chi connectivity index (χ2v) is 5.74. The second kappa shape index (κ2) is 4.30. The lowest BCUT2D eigenvalue weighted by atomic mass is 9.70. The molecule has 94 valence electrons. The van der Waals surface area contributed by atoms with Crippen molar-refractivity contribution in [3.05, 3.63) is 24.0 Å². The highest BCUT2D eigenvalue weighted by Crippen LogP contribution is 2.47. The van der Waals surface area contributed by atoms with Gasteiger partial charge in [-0.1, -0.05) is 20.8 Å². The fourth-order valence-corrected chi connectivity index (χ4v) is 2.82. The maximum Gasteiger partial charge on any atom is 0.142 e. The molecule has 3 heteroatoms. The standard InChI is InChI=1S/C14H22N2O/c1-13(2,3)14(8-6-10-16-14)12-11(17-4)7-5-9-15-12/h5,7,9,16H,6,8,10H2,1-4H3. The van der Waals surface area contributed by atoms with Crippen LogP contribution in [0.25, 0.3) is 0 Å². The Kier molecular flexibility index (Phi) is 3.13. The fraction of sp³-hybridized carbons (Fsp3) is 0.643. The summed E-state index contributed by atoms with van der Waals surface area (Å²) < 4.78 is 5.48. The quantitative estimate of drug-likeness (QED) is 0.854. The van der Waals surface area contributed by atoms with Crippen molar-refractivity contribution in [2.45, 2.75) is 39.2 Å². The lowest BCUT2D eigenvalue weighted by Crippen LogP contribution is -2.48. The van der Waals surface area contributed by atoms with Gasteiger partial charge in [0.05, 0.1) is 12.6 Å². The summed E-state index contributed by atoms with van der Waals surface area (Å²) in [5.41, 5.74) is 1.09. The number of aromatic nitrogens is 1. The molecular formula is C14H22N2O. The molecule has 0 radical (unpaired) electrons. The number of hydrogen-bond acceptors (Lipinski definition) is 3. The summed E-state index contributed by atoms with van der Waals surface area (Å²) in [5.74, 6) is 0.886. The van der Waals surface area contributed by atoms with Crippen LogP contribution in [0.3, 0.4) is 0 Å². The van der Waals surface area contributed by atoms with Crippen LogP contribution in [0, 0.1) is 5.41 Å². The van der Waals surface area contributed by atoms with Crippen molar-refractivity contribution in [3.8, 4) is 5.75 Å². The average molecular weight is 234 g/mol. The topological polar surface area (TPSA) is 34.1 Å². The highest BCUT2D eigenvalue weighted by molar-refractivity contribution is 5.35. The van der Waals surface area contributed by atoms with Gasteiger partial charge in [0.15, 0.2) is 0 Å². The summed E-state index contributed by atoms with van der Waals surface area (Å²) >= 11 is 0. The number of pyridine rings is 1. The first-order chi connectivity index (χ1) is 8.01. The molecule has 0 bridgehead atoms. The molecule has 1 aromatic heterocycles. The maximum absolute atomic E-state index is 5.48. The summed E-state index contributed by atoms with van der Waals surface area (Å²) in [6.45, 7) is 7.84. The molecule has 1 aliphatic rings.